The fourth-order valence-corrected chi connectivity index (χ4v) is 3.02. The van der Waals surface area contributed by atoms with E-state index in [2.05, 4.69) is 10.6 Å². The highest BCUT2D eigenvalue weighted by atomic mass is 16.1. The summed E-state index contributed by atoms with van der Waals surface area (Å²) < 4.78 is 0. The molecule has 0 aromatic heterocycles. The largest absolute Gasteiger partial charge is 0.384 e. The van der Waals surface area contributed by atoms with Gasteiger partial charge in [0, 0.05) is 30.4 Å². The third kappa shape index (κ3) is 5.05. The monoisotopic (exact) mass is 289 g/mol. The van der Waals surface area contributed by atoms with E-state index in [4.69, 9.17) is 5.73 Å². The van der Waals surface area contributed by atoms with E-state index in [0.717, 1.165) is 24.3 Å². The predicted molar refractivity (Wildman–Crippen MR) is 87.7 cm³/mol. The number of carbonyl (C=O) groups is 1. The van der Waals surface area contributed by atoms with Crippen molar-refractivity contribution in [2.24, 2.45) is 5.73 Å². The first-order chi connectivity index (χ1) is 10.2. The zero-order valence-electron chi connectivity index (χ0n) is 13.0. The first kappa shape index (κ1) is 15.8. The molecule has 1 fully saturated rings. The van der Waals surface area contributed by atoms with Gasteiger partial charge >= 0.3 is 0 Å². The molecule has 4 nitrogen and oxygen atoms in total. The highest BCUT2D eigenvalue weighted by Gasteiger charge is 2.10. The Morgan fingerprint density at radius 1 is 1.19 bits per heavy atom. The fourth-order valence-electron chi connectivity index (χ4n) is 3.02. The van der Waals surface area contributed by atoms with Crippen molar-refractivity contribution in [1.82, 2.24) is 5.32 Å². The van der Waals surface area contributed by atoms with Gasteiger partial charge in [0.05, 0.1) is 0 Å². The van der Waals surface area contributed by atoms with Crippen molar-refractivity contribution in [1.29, 1.82) is 0 Å². The lowest BCUT2D eigenvalue weighted by molar-refractivity contribution is 0.1000. The summed E-state index contributed by atoms with van der Waals surface area (Å²) in [6, 6.07) is 6.37. The number of benzene rings is 1. The quantitative estimate of drug-likeness (QED) is 0.557. The van der Waals surface area contributed by atoms with Gasteiger partial charge in [0.25, 0.3) is 0 Å². The van der Waals surface area contributed by atoms with Gasteiger partial charge in [-0.1, -0.05) is 25.7 Å². The smallest absolute Gasteiger partial charge is 0.248 e. The molecule has 4 heteroatoms. The second kappa shape index (κ2) is 8.03. The minimum Gasteiger partial charge on any atom is -0.384 e. The van der Waals surface area contributed by atoms with Crippen LogP contribution in [0.15, 0.2) is 18.2 Å². The minimum atomic E-state index is -0.367. The third-order valence-corrected chi connectivity index (χ3v) is 4.23. The topological polar surface area (TPSA) is 67.2 Å². The number of hydrogen-bond donors (Lipinski definition) is 3. The van der Waals surface area contributed by atoms with Crippen LogP contribution in [0.25, 0.3) is 0 Å². The Bertz CT molecular complexity index is 465. The summed E-state index contributed by atoms with van der Waals surface area (Å²) in [6.07, 6.45) is 8.13. The molecule has 21 heavy (non-hydrogen) atoms. The molecule has 1 aromatic carbocycles. The Morgan fingerprint density at radius 2 is 1.90 bits per heavy atom. The zero-order valence-corrected chi connectivity index (χ0v) is 13.0. The van der Waals surface area contributed by atoms with Gasteiger partial charge in [-0.2, -0.15) is 0 Å². The summed E-state index contributed by atoms with van der Waals surface area (Å²) in [6.45, 7) is 3.78. The van der Waals surface area contributed by atoms with Gasteiger partial charge in [-0.25, -0.2) is 0 Å². The number of primary amides is 1. The lowest BCUT2D eigenvalue weighted by Gasteiger charge is -2.16. The molecule has 1 aromatic rings. The van der Waals surface area contributed by atoms with Crippen molar-refractivity contribution >= 4 is 11.6 Å². The fraction of sp³-hybridized carbons (Fsp3) is 0.588. The Kier molecular flexibility index (Phi) is 6.05. The maximum atomic E-state index is 11.2. The van der Waals surface area contributed by atoms with Crippen LogP contribution in [0, 0.1) is 6.92 Å². The summed E-state index contributed by atoms with van der Waals surface area (Å²) in [4.78, 5) is 11.2. The number of nitrogens with two attached hydrogens (primary N) is 1. The molecule has 0 bridgehead atoms. The van der Waals surface area contributed by atoms with Gasteiger partial charge in [0.2, 0.25) is 5.91 Å². The molecular weight excluding hydrogens is 262 g/mol. The molecule has 0 heterocycles. The molecule has 2 rings (SSSR count). The molecule has 1 saturated carbocycles. The predicted octanol–water partition coefficient (Wildman–Crippen LogP) is 2.82. The van der Waals surface area contributed by atoms with Crippen LogP contribution in [0.3, 0.4) is 0 Å². The van der Waals surface area contributed by atoms with Crippen LogP contribution < -0.4 is 16.4 Å². The highest BCUT2D eigenvalue weighted by Crippen LogP contribution is 2.17. The van der Waals surface area contributed by atoms with Crippen LogP contribution in [0.2, 0.25) is 0 Å². The van der Waals surface area contributed by atoms with Gasteiger partial charge in [0.1, 0.15) is 0 Å². The summed E-state index contributed by atoms with van der Waals surface area (Å²) >= 11 is 0. The average Bonchev–Trinajstić information content (AvgIpc) is 2.72. The van der Waals surface area contributed by atoms with Gasteiger partial charge in [-0.3, -0.25) is 4.79 Å². The molecule has 0 unspecified atom stereocenters. The Morgan fingerprint density at radius 3 is 2.52 bits per heavy atom. The summed E-state index contributed by atoms with van der Waals surface area (Å²) in [5.41, 5.74) is 7.87. The summed E-state index contributed by atoms with van der Waals surface area (Å²) in [5.74, 6) is -0.367. The van der Waals surface area contributed by atoms with Gasteiger partial charge in [0.15, 0.2) is 0 Å². The Balaban J connectivity index is 1.73. The maximum Gasteiger partial charge on any atom is 0.248 e. The molecular formula is C17H27N3O. The molecule has 1 aliphatic rings. The van der Waals surface area contributed by atoms with Crippen molar-refractivity contribution in [3.8, 4) is 0 Å². The van der Waals surface area contributed by atoms with Crippen LogP contribution in [0.4, 0.5) is 5.69 Å². The SMILES string of the molecule is Cc1cc(NCCNC2CCCCCC2)ccc1C(N)=O. The molecule has 0 radical (unpaired) electrons. The van der Waals surface area contributed by atoms with E-state index in [-0.39, 0.29) is 5.91 Å². The lowest BCUT2D eigenvalue weighted by Crippen LogP contribution is -2.32. The lowest BCUT2D eigenvalue weighted by atomic mass is 10.1. The molecule has 1 amide bonds. The highest BCUT2D eigenvalue weighted by molar-refractivity contribution is 5.94. The van der Waals surface area contributed by atoms with Crippen LogP contribution >= 0.6 is 0 Å². The van der Waals surface area contributed by atoms with Crippen LogP contribution in [-0.4, -0.2) is 25.0 Å². The number of anilines is 1. The van der Waals surface area contributed by atoms with Crippen molar-refractivity contribution < 1.29 is 4.79 Å². The van der Waals surface area contributed by atoms with Gasteiger partial charge in [-0.15, -0.1) is 0 Å². The number of nitrogens with one attached hydrogen (secondary N) is 2. The van der Waals surface area contributed by atoms with Crippen LogP contribution in [-0.2, 0) is 0 Å². The maximum absolute atomic E-state index is 11.2. The standard InChI is InChI=1S/C17H27N3O/c1-13-12-15(8-9-16(13)17(18)21)20-11-10-19-14-6-4-2-3-5-7-14/h8-9,12,14,19-20H,2-7,10-11H2,1H3,(H2,18,21). The van der Waals surface area contributed by atoms with E-state index in [1.54, 1.807) is 6.07 Å². The van der Waals surface area contributed by atoms with E-state index in [0.29, 0.717) is 11.6 Å². The summed E-state index contributed by atoms with van der Waals surface area (Å²) in [7, 11) is 0. The molecule has 4 N–H and O–H groups in total. The third-order valence-electron chi connectivity index (χ3n) is 4.23. The van der Waals surface area contributed by atoms with Gasteiger partial charge < -0.3 is 16.4 Å². The van der Waals surface area contributed by atoms with E-state index >= 15 is 0 Å². The second-order valence-corrected chi connectivity index (χ2v) is 5.96. The first-order valence-electron chi connectivity index (χ1n) is 8.04. The molecule has 0 spiro atoms. The minimum absolute atomic E-state index is 0.367. The molecule has 0 aliphatic heterocycles. The molecule has 0 saturated heterocycles. The summed E-state index contributed by atoms with van der Waals surface area (Å²) in [5, 5.41) is 7.03. The van der Waals surface area contributed by atoms with Gasteiger partial charge in [-0.05, 0) is 43.5 Å². The van der Waals surface area contributed by atoms with E-state index in [1.165, 1.54) is 38.5 Å². The normalized spacial score (nSPS) is 16.4. The Hall–Kier alpha value is -1.55. The average molecular weight is 289 g/mol. The number of hydrogen-bond acceptors (Lipinski definition) is 3. The van der Waals surface area contributed by atoms with Crippen LogP contribution in [0.5, 0.6) is 0 Å². The molecule has 1 aliphatic carbocycles. The molecule has 116 valence electrons. The van der Waals surface area contributed by atoms with Crippen molar-refractivity contribution in [3.05, 3.63) is 29.3 Å². The zero-order chi connectivity index (χ0) is 15.1. The first-order valence-corrected chi connectivity index (χ1v) is 8.04. The van der Waals surface area contributed by atoms with E-state index in [1.807, 2.05) is 19.1 Å². The second-order valence-electron chi connectivity index (χ2n) is 5.96. The van der Waals surface area contributed by atoms with E-state index in [9.17, 15) is 4.79 Å². The van der Waals surface area contributed by atoms with E-state index < -0.39 is 0 Å². The van der Waals surface area contributed by atoms with Crippen LogP contribution in [0.1, 0.15) is 54.4 Å². The number of amides is 1. The van der Waals surface area contributed by atoms with Crippen molar-refractivity contribution in [2.45, 2.75) is 51.5 Å². The number of carbonyl (C=O) groups excluding carboxylic acids is 1. The molecule has 0 atom stereocenters. The van der Waals surface area contributed by atoms with Crippen molar-refractivity contribution in [3.63, 3.8) is 0 Å². The Labute approximate surface area is 127 Å². The van der Waals surface area contributed by atoms with Crippen molar-refractivity contribution in [2.75, 3.05) is 18.4 Å². The number of aryl methyl sites for hydroxylation is 1. The number of rotatable bonds is 6.